The molecule has 1 aromatic heterocycles. The maximum absolute atomic E-state index is 12.5. The second kappa shape index (κ2) is 12.6. The summed E-state index contributed by atoms with van der Waals surface area (Å²) in [7, 11) is 6.29. The van der Waals surface area contributed by atoms with E-state index in [1.54, 1.807) is 40.6 Å². The first-order chi connectivity index (χ1) is 18.6. The minimum Gasteiger partial charge on any atom is -0.493 e. The number of methoxy groups -OCH3 is 4. The van der Waals surface area contributed by atoms with Gasteiger partial charge in [0.2, 0.25) is 0 Å². The summed E-state index contributed by atoms with van der Waals surface area (Å²) in [5.41, 5.74) is 4.94. The molecular weight excluding hydrogens is 506 g/mol. The van der Waals surface area contributed by atoms with Crippen molar-refractivity contribution in [1.82, 2.24) is 20.2 Å². The van der Waals surface area contributed by atoms with Crippen LogP contribution in [0.1, 0.15) is 5.56 Å². The molecule has 4 rings (SSSR count). The molecule has 10 nitrogen and oxygen atoms in total. The Morgan fingerprint density at radius 1 is 0.868 bits per heavy atom. The Kier molecular flexibility index (Phi) is 8.83. The summed E-state index contributed by atoms with van der Waals surface area (Å²) >= 11 is 1.25. The van der Waals surface area contributed by atoms with Crippen LogP contribution in [0.2, 0.25) is 0 Å². The predicted molar refractivity (Wildman–Crippen MR) is 146 cm³/mol. The number of nitrogens with one attached hydrogen (secondary N) is 1. The summed E-state index contributed by atoms with van der Waals surface area (Å²) in [6.07, 6.45) is 1.53. The fraction of sp³-hybridized carbons (Fsp3) is 0.185. The lowest BCUT2D eigenvalue weighted by atomic mass is 10.2. The molecule has 196 valence electrons. The Bertz CT molecular complexity index is 1420. The molecule has 0 saturated heterocycles. The van der Waals surface area contributed by atoms with Crippen molar-refractivity contribution in [2.75, 3.05) is 34.2 Å². The van der Waals surface area contributed by atoms with Crippen LogP contribution < -0.4 is 24.4 Å². The van der Waals surface area contributed by atoms with Gasteiger partial charge in [-0.1, -0.05) is 30.0 Å². The van der Waals surface area contributed by atoms with Crippen LogP contribution in [0, 0.1) is 0 Å². The van der Waals surface area contributed by atoms with Crippen molar-refractivity contribution in [2.45, 2.75) is 5.16 Å². The van der Waals surface area contributed by atoms with E-state index in [0.29, 0.717) is 34.0 Å². The first-order valence-corrected chi connectivity index (χ1v) is 12.5. The zero-order valence-corrected chi connectivity index (χ0v) is 22.2. The van der Waals surface area contributed by atoms with Crippen molar-refractivity contribution >= 4 is 23.9 Å². The van der Waals surface area contributed by atoms with Gasteiger partial charge in [-0.05, 0) is 54.1 Å². The molecule has 0 radical (unpaired) electrons. The highest BCUT2D eigenvalue weighted by Gasteiger charge is 2.18. The van der Waals surface area contributed by atoms with E-state index in [0.717, 1.165) is 16.8 Å². The van der Waals surface area contributed by atoms with Gasteiger partial charge in [-0.25, -0.2) is 5.43 Å². The second-order valence-corrected chi connectivity index (χ2v) is 8.69. The molecule has 0 atom stereocenters. The Balaban J connectivity index is 1.51. The number of rotatable bonds is 11. The van der Waals surface area contributed by atoms with Crippen molar-refractivity contribution in [3.8, 4) is 40.1 Å². The molecule has 4 aromatic rings. The summed E-state index contributed by atoms with van der Waals surface area (Å²) in [5.74, 6) is 2.77. The molecule has 1 amide bonds. The van der Waals surface area contributed by atoms with Gasteiger partial charge < -0.3 is 18.9 Å². The number of benzene rings is 3. The second-order valence-electron chi connectivity index (χ2n) is 7.74. The molecule has 0 aliphatic rings. The summed E-state index contributed by atoms with van der Waals surface area (Å²) < 4.78 is 23.2. The maximum Gasteiger partial charge on any atom is 0.250 e. The van der Waals surface area contributed by atoms with Crippen LogP contribution in [-0.2, 0) is 4.79 Å². The van der Waals surface area contributed by atoms with E-state index in [1.165, 1.54) is 18.0 Å². The predicted octanol–water partition coefficient (Wildman–Crippen LogP) is 4.21. The van der Waals surface area contributed by atoms with Crippen molar-refractivity contribution in [1.29, 1.82) is 0 Å². The standard InChI is InChI=1S/C27H27N5O5S/c1-34-21-12-10-18(14-23(21)36-3)16-28-29-25(33)17-38-27-31-30-26(32(27)20-8-6-5-7-9-20)19-11-13-22(35-2)24(15-19)37-4/h5-16H,17H2,1-4H3,(H,29,33)/b28-16-. The molecule has 1 heterocycles. The maximum atomic E-state index is 12.5. The molecule has 0 bridgehead atoms. The van der Waals surface area contributed by atoms with Gasteiger partial charge in [0, 0.05) is 11.3 Å². The Labute approximate surface area is 224 Å². The normalized spacial score (nSPS) is 10.8. The van der Waals surface area contributed by atoms with Crippen LogP contribution in [0.25, 0.3) is 17.1 Å². The lowest BCUT2D eigenvalue weighted by Gasteiger charge is -2.12. The summed E-state index contributed by atoms with van der Waals surface area (Å²) in [4.78, 5) is 12.5. The number of carbonyl (C=O) groups is 1. The van der Waals surface area contributed by atoms with Gasteiger partial charge in [0.1, 0.15) is 0 Å². The summed E-state index contributed by atoms with van der Waals surface area (Å²) in [6.45, 7) is 0. The number of ether oxygens (including phenoxy) is 4. The molecule has 1 N–H and O–H groups in total. The van der Waals surface area contributed by atoms with Gasteiger partial charge in [-0.3, -0.25) is 9.36 Å². The quantitative estimate of drug-likeness (QED) is 0.174. The fourth-order valence-electron chi connectivity index (χ4n) is 3.61. The van der Waals surface area contributed by atoms with Crippen molar-refractivity contribution in [2.24, 2.45) is 5.10 Å². The van der Waals surface area contributed by atoms with Gasteiger partial charge >= 0.3 is 0 Å². The van der Waals surface area contributed by atoms with E-state index >= 15 is 0 Å². The topological polar surface area (TPSA) is 109 Å². The average molecular weight is 534 g/mol. The number of amides is 1. The van der Waals surface area contributed by atoms with Gasteiger partial charge in [0.25, 0.3) is 5.91 Å². The SMILES string of the molecule is COc1ccc(/C=N\NC(=O)CSc2nnc(-c3ccc(OC)c(OC)c3)n2-c2ccccc2)cc1OC. The molecule has 0 aliphatic heterocycles. The third-order valence-corrected chi connectivity index (χ3v) is 6.36. The van der Waals surface area contributed by atoms with Gasteiger partial charge in [-0.15, -0.1) is 10.2 Å². The Morgan fingerprint density at radius 2 is 1.53 bits per heavy atom. The number of hydrogen-bond donors (Lipinski definition) is 1. The molecular formula is C27H27N5O5S. The number of hydrogen-bond acceptors (Lipinski definition) is 9. The number of carbonyl (C=O) groups excluding carboxylic acids is 1. The third-order valence-electron chi connectivity index (χ3n) is 5.43. The van der Waals surface area contributed by atoms with E-state index in [2.05, 4.69) is 20.7 Å². The lowest BCUT2D eigenvalue weighted by molar-refractivity contribution is -0.118. The highest BCUT2D eigenvalue weighted by Crippen LogP contribution is 2.34. The largest absolute Gasteiger partial charge is 0.493 e. The highest BCUT2D eigenvalue weighted by molar-refractivity contribution is 7.99. The van der Waals surface area contributed by atoms with E-state index in [-0.39, 0.29) is 11.7 Å². The lowest BCUT2D eigenvalue weighted by Crippen LogP contribution is -2.20. The van der Waals surface area contributed by atoms with E-state index < -0.39 is 0 Å². The molecule has 0 fully saturated rings. The number of nitrogens with zero attached hydrogens (tertiary/aromatic N) is 4. The van der Waals surface area contributed by atoms with Crippen molar-refractivity contribution < 1.29 is 23.7 Å². The Hall–Kier alpha value is -4.51. The summed E-state index contributed by atoms with van der Waals surface area (Å²) in [5, 5.41) is 13.4. The Morgan fingerprint density at radius 3 is 2.21 bits per heavy atom. The van der Waals surface area contributed by atoms with Crippen LogP contribution >= 0.6 is 11.8 Å². The molecule has 0 saturated carbocycles. The number of thioether (sulfide) groups is 1. The number of aromatic nitrogens is 3. The van der Waals surface area contributed by atoms with Crippen LogP contribution in [-0.4, -0.2) is 61.1 Å². The fourth-order valence-corrected chi connectivity index (χ4v) is 4.35. The van der Waals surface area contributed by atoms with Crippen molar-refractivity contribution in [3.63, 3.8) is 0 Å². The van der Waals surface area contributed by atoms with Crippen LogP contribution in [0.3, 0.4) is 0 Å². The average Bonchev–Trinajstić information content (AvgIpc) is 3.40. The van der Waals surface area contributed by atoms with E-state index in [9.17, 15) is 4.79 Å². The highest BCUT2D eigenvalue weighted by atomic mass is 32.2. The minimum absolute atomic E-state index is 0.0835. The van der Waals surface area contributed by atoms with E-state index in [4.69, 9.17) is 18.9 Å². The zero-order valence-electron chi connectivity index (χ0n) is 21.4. The smallest absolute Gasteiger partial charge is 0.250 e. The first kappa shape index (κ1) is 26.6. The van der Waals surface area contributed by atoms with Gasteiger partial charge in [0.15, 0.2) is 34.0 Å². The molecule has 3 aromatic carbocycles. The molecule has 11 heteroatoms. The van der Waals surface area contributed by atoms with Crippen LogP contribution in [0.5, 0.6) is 23.0 Å². The molecule has 0 aliphatic carbocycles. The van der Waals surface area contributed by atoms with Crippen LogP contribution in [0.4, 0.5) is 0 Å². The van der Waals surface area contributed by atoms with Gasteiger partial charge in [0.05, 0.1) is 40.4 Å². The molecule has 38 heavy (non-hydrogen) atoms. The third kappa shape index (κ3) is 6.06. The first-order valence-electron chi connectivity index (χ1n) is 11.5. The number of para-hydroxylation sites is 1. The van der Waals surface area contributed by atoms with Crippen LogP contribution in [0.15, 0.2) is 77.0 Å². The van der Waals surface area contributed by atoms with Crippen molar-refractivity contribution in [3.05, 3.63) is 72.3 Å². The van der Waals surface area contributed by atoms with Gasteiger partial charge in [-0.2, -0.15) is 5.10 Å². The molecule has 0 unspecified atom stereocenters. The van der Waals surface area contributed by atoms with E-state index in [1.807, 2.05) is 59.2 Å². The summed E-state index contributed by atoms with van der Waals surface area (Å²) in [6, 6.07) is 20.6. The zero-order chi connectivity index (χ0) is 26.9. The monoisotopic (exact) mass is 533 g/mol. The minimum atomic E-state index is -0.290. The molecule has 0 spiro atoms. The number of hydrazone groups is 1.